The van der Waals surface area contributed by atoms with E-state index in [9.17, 15) is 18.9 Å². The SMILES string of the molecule is O.O=C(O)[C@@H]1CCCN1S(=O)c1ccc(-c2cccc(CC(=O)C3(c4ccc5c(c4)OCO5)CC3)c2)cc1.[HH]. The largest absolute Gasteiger partial charge is 0.480 e. The van der Waals surface area contributed by atoms with Gasteiger partial charge in [0.15, 0.2) is 11.5 Å². The zero-order valence-electron chi connectivity index (χ0n) is 20.7. The van der Waals surface area contributed by atoms with Crippen molar-refractivity contribution in [1.82, 2.24) is 4.31 Å². The molecular weight excluding hydrogens is 506 g/mol. The number of carboxylic acids is 1. The first-order chi connectivity index (χ1) is 17.9. The molecule has 0 bridgehead atoms. The van der Waals surface area contributed by atoms with Crippen LogP contribution in [-0.2, 0) is 32.4 Å². The highest BCUT2D eigenvalue weighted by Crippen LogP contribution is 2.51. The summed E-state index contributed by atoms with van der Waals surface area (Å²) in [7, 11) is -1.52. The molecule has 3 aromatic carbocycles. The summed E-state index contributed by atoms with van der Waals surface area (Å²) in [5, 5.41) is 9.41. The van der Waals surface area contributed by atoms with Gasteiger partial charge in [0.1, 0.15) is 22.8 Å². The number of benzene rings is 3. The Hall–Kier alpha value is -3.53. The number of aliphatic carboxylic acids is 1. The molecule has 200 valence electrons. The number of hydrogen-bond donors (Lipinski definition) is 1. The molecule has 0 radical (unpaired) electrons. The first kappa shape index (κ1) is 26.1. The molecular formula is C29H31NO7S. The Bertz CT molecular complexity index is 1410. The van der Waals surface area contributed by atoms with Crippen molar-refractivity contribution in [2.24, 2.45) is 0 Å². The maximum atomic E-state index is 13.4. The molecule has 0 spiro atoms. The summed E-state index contributed by atoms with van der Waals surface area (Å²) in [6, 6.07) is 20.4. The molecule has 0 amide bonds. The number of carbonyl (C=O) groups excluding carboxylic acids is 1. The number of Topliss-reactive ketones (excluding diaryl/α,β-unsaturated/α-hetero) is 1. The lowest BCUT2D eigenvalue weighted by Crippen LogP contribution is -2.37. The van der Waals surface area contributed by atoms with Crippen LogP contribution in [0.1, 0.15) is 38.2 Å². The minimum atomic E-state index is -1.52. The molecule has 3 N–H and O–H groups in total. The zero-order valence-corrected chi connectivity index (χ0v) is 21.5. The van der Waals surface area contributed by atoms with Crippen molar-refractivity contribution in [3.05, 3.63) is 77.9 Å². The summed E-state index contributed by atoms with van der Waals surface area (Å²) in [5.41, 5.74) is 3.41. The quantitative estimate of drug-likeness (QED) is 0.464. The number of carboxylic acid groups (broad SMARTS) is 1. The van der Waals surface area contributed by atoms with Crippen LogP contribution in [0.2, 0.25) is 0 Å². The molecule has 38 heavy (non-hydrogen) atoms. The van der Waals surface area contributed by atoms with Crippen LogP contribution >= 0.6 is 0 Å². The van der Waals surface area contributed by atoms with Gasteiger partial charge in [0.2, 0.25) is 6.79 Å². The van der Waals surface area contributed by atoms with Crippen molar-refractivity contribution in [3.8, 4) is 22.6 Å². The molecule has 1 saturated heterocycles. The molecule has 6 rings (SSSR count). The van der Waals surface area contributed by atoms with Crippen molar-refractivity contribution in [2.45, 2.75) is 48.5 Å². The van der Waals surface area contributed by atoms with Gasteiger partial charge in [-0.25, -0.2) is 8.51 Å². The Balaban J connectivity index is 0.00000176. The summed E-state index contributed by atoms with van der Waals surface area (Å²) < 4.78 is 25.5. The number of ether oxygens (including phenoxy) is 2. The Labute approximate surface area is 224 Å². The normalized spacial score (nSPS) is 19.9. The third kappa shape index (κ3) is 4.73. The second-order valence-corrected chi connectivity index (χ2v) is 11.3. The average Bonchev–Trinajstić information content (AvgIpc) is 3.34. The van der Waals surface area contributed by atoms with E-state index in [1.165, 1.54) is 0 Å². The van der Waals surface area contributed by atoms with Crippen molar-refractivity contribution >= 4 is 22.7 Å². The maximum Gasteiger partial charge on any atom is 0.321 e. The highest BCUT2D eigenvalue weighted by Gasteiger charge is 2.50. The predicted molar refractivity (Wildman–Crippen MR) is 144 cm³/mol. The standard InChI is InChI=1S/C29H27NO6S.H2O.H2/c31-27(29(12-13-29)22-8-11-25-26(17-22)36-18-35-25)16-19-3-1-4-21(15-19)20-6-9-23(10-7-20)37(34)30-14-2-5-24(30)28(32)33;;/h1,3-4,6-11,15,17,24H,2,5,12-14,16,18H2,(H,32,33);1H2;1H/t24-,37?;;/m0../s1. The fraction of sp³-hybridized carbons (Fsp3) is 0.310. The molecule has 0 aromatic heterocycles. The van der Waals surface area contributed by atoms with Gasteiger partial charge in [0.25, 0.3) is 0 Å². The zero-order chi connectivity index (χ0) is 25.6. The van der Waals surface area contributed by atoms with Crippen molar-refractivity contribution < 1.29 is 35.3 Å². The fourth-order valence-corrected chi connectivity index (χ4v) is 6.71. The van der Waals surface area contributed by atoms with E-state index >= 15 is 0 Å². The molecule has 2 heterocycles. The first-order valence-electron chi connectivity index (χ1n) is 12.5. The van der Waals surface area contributed by atoms with Gasteiger partial charge in [-0.15, -0.1) is 0 Å². The lowest BCUT2D eigenvalue weighted by molar-refractivity contribution is -0.140. The minimum absolute atomic E-state index is 0. The first-order valence-corrected chi connectivity index (χ1v) is 13.6. The molecule has 1 unspecified atom stereocenters. The van der Waals surface area contributed by atoms with E-state index in [0.717, 1.165) is 47.3 Å². The monoisotopic (exact) mass is 537 g/mol. The van der Waals surface area contributed by atoms with Gasteiger partial charge in [0, 0.05) is 14.4 Å². The molecule has 1 saturated carbocycles. The molecule has 8 nitrogen and oxygen atoms in total. The third-order valence-corrected chi connectivity index (χ3v) is 9.13. The maximum absolute atomic E-state index is 13.4. The van der Waals surface area contributed by atoms with Crippen LogP contribution in [0.15, 0.2) is 71.6 Å². The highest BCUT2D eigenvalue weighted by atomic mass is 32.2. The summed E-state index contributed by atoms with van der Waals surface area (Å²) >= 11 is 0. The van der Waals surface area contributed by atoms with E-state index in [4.69, 9.17) is 9.47 Å². The fourth-order valence-electron chi connectivity index (χ4n) is 5.35. The van der Waals surface area contributed by atoms with Gasteiger partial charge in [-0.1, -0.05) is 42.5 Å². The molecule has 3 aromatic rings. The molecule has 2 aliphatic heterocycles. The van der Waals surface area contributed by atoms with E-state index < -0.39 is 28.4 Å². The van der Waals surface area contributed by atoms with Crippen molar-refractivity contribution in [1.29, 1.82) is 0 Å². The Morgan fingerprint density at radius 2 is 1.76 bits per heavy atom. The van der Waals surface area contributed by atoms with Crippen molar-refractivity contribution in [2.75, 3.05) is 13.3 Å². The van der Waals surface area contributed by atoms with Crippen LogP contribution in [0.25, 0.3) is 11.1 Å². The number of carbonyl (C=O) groups is 2. The van der Waals surface area contributed by atoms with Crippen LogP contribution < -0.4 is 9.47 Å². The van der Waals surface area contributed by atoms with Crippen LogP contribution in [0, 0.1) is 0 Å². The van der Waals surface area contributed by atoms with E-state index in [2.05, 4.69) is 0 Å². The van der Waals surface area contributed by atoms with Crippen LogP contribution in [0.5, 0.6) is 11.5 Å². The smallest absolute Gasteiger partial charge is 0.321 e. The average molecular weight is 538 g/mol. The van der Waals surface area contributed by atoms with E-state index in [0.29, 0.717) is 30.0 Å². The van der Waals surface area contributed by atoms with Gasteiger partial charge in [-0.3, -0.25) is 9.59 Å². The van der Waals surface area contributed by atoms with Crippen LogP contribution in [0.4, 0.5) is 0 Å². The van der Waals surface area contributed by atoms with Gasteiger partial charge >= 0.3 is 5.97 Å². The summed E-state index contributed by atoms with van der Waals surface area (Å²) in [5.74, 6) is 0.691. The van der Waals surface area contributed by atoms with Crippen LogP contribution in [0.3, 0.4) is 0 Å². The van der Waals surface area contributed by atoms with Gasteiger partial charge < -0.3 is 20.1 Å². The molecule has 2 atom stereocenters. The Kier molecular flexibility index (Phi) is 7.09. The molecule has 2 fully saturated rings. The number of fused-ring (bicyclic) bond motifs is 1. The summed E-state index contributed by atoms with van der Waals surface area (Å²) in [6.45, 7) is 0.722. The summed E-state index contributed by atoms with van der Waals surface area (Å²) in [6.07, 6.45) is 3.26. The lowest BCUT2D eigenvalue weighted by atomic mass is 9.87. The van der Waals surface area contributed by atoms with Gasteiger partial charge in [-0.05, 0) is 72.2 Å². The second kappa shape index (κ2) is 10.3. The third-order valence-electron chi connectivity index (χ3n) is 7.59. The number of nitrogens with zero attached hydrogens (tertiary/aromatic N) is 1. The molecule has 1 aliphatic carbocycles. The second-order valence-electron chi connectivity index (χ2n) is 9.86. The van der Waals surface area contributed by atoms with Gasteiger partial charge in [-0.2, -0.15) is 0 Å². The van der Waals surface area contributed by atoms with E-state index in [1.54, 1.807) is 16.4 Å². The molecule has 3 aliphatic rings. The summed E-state index contributed by atoms with van der Waals surface area (Å²) in [4.78, 5) is 25.5. The Morgan fingerprint density at radius 3 is 2.50 bits per heavy atom. The van der Waals surface area contributed by atoms with E-state index in [1.807, 2.05) is 54.6 Å². The minimum Gasteiger partial charge on any atom is -0.480 e. The number of rotatable bonds is 8. The lowest BCUT2D eigenvalue weighted by Gasteiger charge is -2.19. The van der Waals surface area contributed by atoms with Crippen LogP contribution in [-0.4, -0.2) is 50.2 Å². The van der Waals surface area contributed by atoms with E-state index in [-0.39, 0.29) is 19.5 Å². The number of hydrogen-bond acceptors (Lipinski definition) is 5. The predicted octanol–water partition coefficient (Wildman–Crippen LogP) is 3.92. The molecule has 9 heteroatoms. The number of ketones is 1. The topological polar surface area (TPSA) is 125 Å². The highest BCUT2D eigenvalue weighted by molar-refractivity contribution is 7.82. The van der Waals surface area contributed by atoms with Crippen molar-refractivity contribution in [3.63, 3.8) is 0 Å². The Morgan fingerprint density at radius 1 is 1.00 bits per heavy atom. The van der Waals surface area contributed by atoms with Gasteiger partial charge in [0.05, 0.1) is 10.3 Å².